The molecule has 2 aliphatic rings. The molecule has 1 N–H and O–H groups in total. The van der Waals surface area contributed by atoms with Gasteiger partial charge in [0.1, 0.15) is 0 Å². The van der Waals surface area contributed by atoms with Crippen molar-refractivity contribution in [3.05, 3.63) is 0 Å². The van der Waals surface area contributed by atoms with Crippen molar-refractivity contribution in [3.8, 4) is 0 Å². The molecule has 3 atom stereocenters. The molecule has 0 spiro atoms. The largest absolute Gasteiger partial charge is 0.313 e. The molecule has 0 amide bonds. The Morgan fingerprint density at radius 2 is 2.07 bits per heavy atom. The van der Waals surface area contributed by atoms with Crippen LogP contribution in [0.3, 0.4) is 0 Å². The van der Waals surface area contributed by atoms with Crippen molar-refractivity contribution in [2.24, 2.45) is 5.92 Å². The normalized spacial score (nSPS) is 37.8. The Hall–Kier alpha value is 0.660. The zero-order valence-electron chi connectivity index (χ0n) is 9.71. The number of nitrogens with one attached hydrogen (secondary N) is 1. The van der Waals surface area contributed by atoms with E-state index in [4.69, 9.17) is 0 Å². The molecule has 2 rings (SSSR count). The Kier molecular flexibility index (Phi) is 5.18. The predicted octanol–water partition coefficient (Wildman–Crippen LogP) is 3.00. The topological polar surface area (TPSA) is 12.0 Å². The van der Waals surface area contributed by atoms with Crippen LogP contribution in [0.15, 0.2) is 0 Å². The molecule has 3 heteroatoms. The number of rotatable bonds is 3. The quantitative estimate of drug-likeness (QED) is 0.821. The predicted molar refractivity (Wildman–Crippen MR) is 73.0 cm³/mol. The van der Waals surface area contributed by atoms with E-state index in [9.17, 15) is 0 Å². The highest BCUT2D eigenvalue weighted by Gasteiger charge is 2.22. The van der Waals surface area contributed by atoms with Crippen LogP contribution in [-0.2, 0) is 0 Å². The lowest BCUT2D eigenvalue weighted by atomic mass is 9.86. The molecule has 15 heavy (non-hydrogen) atoms. The maximum absolute atomic E-state index is 3.81. The highest BCUT2D eigenvalue weighted by atomic mass is 32.2. The first-order valence-corrected chi connectivity index (χ1v) is 8.49. The van der Waals surface area contributed by atoms with E-state index in [0.29, 0.717) is 0 Å². The Morgan fingerprint density at radius 1 is 1.20 bits per heavy atom. The first kappa shape index (κ1) is 12.1. The molecule has 0 aromatic rings. The van der Waals surface area contributed by atoms with Gasteiger partial charge in [0.15, 0.2) is 0 Å². The fourth-order valence-electron chi connectivity index (χ4n) is 2.56. The minimum atomic E-state index is 0.811. The fraction of sp³-hybridized carbons (Fsp3) is 1.00. The number of hydrogen-bond donors (Lipinski definition) is 1. The number of hydrogen-bond acceptors (Lipinski definition) is 3. The van der Waals surface area contributed by atoms with Gasteiger partial charge < -0.3 is 5.32 Å². The average Bonchev–Trinajstić information content (AvgIpc) is 2.29. The summed E-state index contributed by atoms with van der Waals surface area (Å²) in [6, 6.07) is 0.811. The van der Waals surface area contributed by atoms with Gasteiger partial charge >= 0.3 is 0 Å². The SMILES string of the molecule is CC1CCCCC1NCC1CSCCS1. The third-order valence-electron chi connectivity index (χ3n) is 3.60. The molecule has 1 nitrogen and oxygen atoms in total. The second-order valence-electron chi connectivity index (χ2n) is 4.84. The van der Waals surface area contributed by atoms with E-state index in [2.05, 4.69) is 35.8 Å². The van der Waals surface area contributed by atoms with Gasteiger partial charge in [-0.05, 0) is 18.8 Å². The minimum absolute atomic E-state index is 0.811. The highest BCUT2D eigenvalue weighted by Crippen LogP contribution is 2.26. The Labute approximate surface area is 103 Å². The van der Waals surface area contributed by atoms with E-state index in [0.717, 1.165) is 17.2 Å². The van der Waals surface area contributed by atoms with Crippen LogP contribution in [0, 0.1) is 5.92 Å². The lowest BCUT2D eigenvalue weighted by molar-refractivity contribution is 0.282. The van der Waals surface area contributed by atoms with Crippen LogP contribution < -0.4 is 5.32 Å². The summed E-state index contributed by atoms with van der Waals surface area (Å²) in [5, 5.41) is 4.68. The summed E-state index contributed by atoms with van der Waals surface area (Å²) in [5.41, 5.74) is 0. The first-order chi connectivity index (χ1) is 7.36. The van der Waals surface area contributed by atoms with Crippen molar-refractivity contribution >= 4 is 23.5 Å². The van der Waals surface area contributed by atoms with Gasteiger partial charge in [0.05, 0.1) is 0 Å². The summed E-state index contributed by atoms with van der Waals surface area (Å²) in [6.45, 7) is 3.66. The molecule has 1 aliphatic carbocycles. The van der Waals surface area contributed by atoms with E-state index >= 15 is 0 Å². The van der Waals surface area contributed by atoms with Crippen molar-refractivity contribution in [2.75, 3.05) is 23.8 Å². The van der Waals surface area contributed by atoms with Crippen molar-refractivity contribution in [2.45, 2.75) is 43.9 Å². The molecule has 1 saturated heterocycles. The lowest BCUT2D eigenvalue weighted by Crippen LogP contribution is -2.41. The molecule has 3 unspecified atom stereocenters. The molecule has 1 aliphatic heterocycles. The summed E-state index contributed by atoms with van der Waals surface area (Å²) >= 11 is 4.30. The van der Waals surface area contributed by atoms with Crippen LogP contribution in [-0.4, -0.2) is 35.1 Å². The average molecular weight is 245 g/mol. The third-order valence-corrected chi connectivity index (χ3v) is 6.45. The Bertz CT molecular complexity index is 180. The Morgan fingerprint density at radius 3 is 2.80 bits per heavy atom. The summed E-state index contributed by atoms with van der Waals surface area (Å²) < 4.78 is 0. The lowest BCUT2D eigenvalue weighted by Gasteiger charge is -2.31. The first-order valence-electron chi connectivity index (χ1n) is 6.29. The van der Waals surface area contributed by atoms with E-state index in [1.807, 2.05) is 0 Å². The van der Waals surface area contributed by atoms with Crippen LogP contribution in [0.2, 0.25) is 0 Å². The van der Waals surface area contributed by atoms with E-state index < -0.39 is 0 Å². The molecule has 0 radical (unpaired) electrons. The van der Waals surface area contributed by atoms with E-state index in [-0.39, 0.29) is 0 Å². The van der Waals surface area contributed by atoms with Crippen LogP contribution in [0.5, 0.6) is 0 Å². The molecular formula is C12H23NS2. The van der Waals surface area contributed by atoms with Crippen molar-refractivity contribution < 1.29 is 0 Å². The molecule has 0 aromatic carbocycles. The molecule has 1 heterocycles. The van der Waals surface area contributed by atoms with Crippen LogP contribution >= 0.6 is 23.5 Å². The maximum atomic E-state index is 3.81. The van der Waals surface area contributed by atoms with Gasteiger partial charge in [-0.1, -0.05) is 19.8 Å². The van der Waals surface area contributed by atoms with Gasteiger partial charge in [0.25, 0.3) is 0 Å². The van der Waals surface area contributed by atoms with Crippen LogP contribution in [0.25, 0.3) is 0 Å². The Balaban J connectivity index is 1.67. The third kappa shape index (κ3) is 3.86. The molecule has 0 bridgehead atoms. The number of thioether (sulfide) groups is 2. The zero-order chi connectivity index (χ0) is 10.5. The van der Waals surface area contributed by atoms with Gasteiger partial charge in [0.2, 0.25) is 0 Å². The van der Waals surface area contributed by atoms with Gasteiger partial charge in [-0.15, -0.1) is 0 Å². The minimum Gasteiger partial charge on any atom is -0.313 e. The zero-order valence-corrected chi connectivity index (χ0v) is 11.3. The molecule has 2 fully saturated rings. The van der Waals surface area contributed by atoms with Gasteiger partial charge in [-0.25, -0.2) is 0 Å². The molecule has 88 valence electrons. The summed E-state index contributed by atoms with van der Waals surface area (Å²) in [4.78, 5) is 0. The standard InChI is InChI=1S/C12H23NS2/c1-10-4-2-3-5-12(10)13-8-11-9-14-6-7-15-11/h10-13H,2-9H2,1H3. The second-order valence-corrected chi connectivity index (χ2v) is 7.40. The summed E-state index contributed by atoms with van der Waals surface area (Å²) in [6.07, 6.45) is 5.73. The monoisotopic (exact) mass is 245 g/mol. The molecular weight excluding hydrogens is 222 g/mol. The van der Waals surface area contributed by atoms with Crippen LogP contribution in [0.4, 0.5) is 0 Å². The second kappa shape index (κ2) is 6.41. The van der Waals surface area contributed by atoms with Crippen molar-refractivity contribution in [1.29, 1.82) is 0 Å². The van der Waals surface area contributed by atoms with Gasteiger partial charge in [-0.2, -0.15) is 23.5 Å². The smallest absolute Gasteiger partial charge is 0.0263 e. The van der Waals surface area contributed by atoms with E-state index in [1.165, 1.54) is 49.5 Å². The van der Waals surface area contributed by atoms with Crippen LogP contribution in [0.1, 0.15) is 32.6 Å². The van der Waals surface area contributed by atoms with Gasteiger partial charge in [-0.3, -0.25) is 0 Å². The van der Waals surface area contributed by atoms with Crippen molar-refractivity contribution in [3.63, 3.8) is 0 Å². The van der Waals surface area contributed by atoms with Crippen molar-refractivity contribution in [1.82, 2.24) is 5.32 Å². The summed E-state index contributed by atoms with van der Waals surface area (Å²) in [7, 11) is 0. The highest BCUT2D eigenvalue weighted by molar-refractivity contribution is 8.06. The summed E-state index contributed by atoms with van der Waals surface area (Å²) in [5.74, 6) is 4.98. The molecule has 0 aromatic heterocycles. The van der Waals surface area contributed by atoms with E-state index in [1.54, 1.807) is 0 Å². The maximum Gasteiger partial charge on any atom is 0.0263 e. The fourth-order valence-corrected chi connectivity index (χ4v) is 5.18. The van der Waals surface area contributed by atoms with Gasteiger partial charge in [0, 0.05) is 35.1 Å². The molecule has 1 saturated carbocycles.